The Hall–Kier alpha value is -1.67. The molecule has 0 bridgehead atoms. The summed E-state index contributed by atoms with van der Waals surface area (Å²) < 4.78 is 30.6. The maximum absolute atomic E-state index is 13.0. The van der Waals surface area contributed by atoms with Gasteiger partial charge in [-0.2, -0.15) is 5.26 Å². The third kappa shape index (κ3) is 3.52. The van der Waals surface area contributed by atoms with Gasteiger partial charge in [-0.25, -0.2) is 8.78 Å². The van der Waals surface area contributed by atoms with Crippen LogP contribution in [0.1, 0.15) is 6.42 Å². The average molecular weight is 212 g/mol. The Morgan fingerprint density at radius 3 is 2.87 bits per heavy atom. The zero-order valence-electron chi connectivity index (χ0n) is 7.91. The van der Waals surface area contributed by atoms with E-state index in [-0.39, 0.29) is 18.8 Å². The quantitative estimate of drug-likeness (QED) is 0.824. The number of nitrogens with two attached hydrogens (primary N) is 1. The Kier molecular flexibility index (Phi) is 4.01. The van der Waals surface area contributed by atoms with Crippen LogP contribution in [0.4, 0.5) is 8.78 Å². The Bertz CT molecular complexity index is 376. The molecule has 0 heterocycles. The second-order valence-corrected chi connectivity index (χ2v) is 2.95. The molecular weight excluding hydrogens is 202 g/mol. The molecule has 1 rings (SSSR count). The standard InChI is InChI=1S/C10H10F2N2O/c11-7-1-2-9(12)10(5-7)15-4-3-8(14)6-13/h1-2,5,8H,3-4,14H2. The fourth-order valence-corrected chi connectivity index (χ4v) is 0.948. The normalized spacial score (nSPS) is 11.9. The van der Waals surface area contributed by atoms with E-state index in [0.717, 1.165) is 18.2 Å². The maximum Gasteiger partial charge on any atom is 0.165 e. The van der Waals surface area contributed by atoms with Crippen molar-refractivity contribution < 1.29 is 13.5 Å². The van der Waals surface area contributed by atoms with Crippen molar-refractivity contribution in [2.24, 2.45) is 5.73 Å². The molecule has 0 aliphatic carbocycles. The van der Waals surface area contributed by atoms with Crippen LogP contribution in [0, 0.1) is 23.0 Å². The number of nitrogens with zero attached hydrogens (tertiary/aromatic N) is 1. The van der Waals surface area contributed by atoms with E-state index >= 15 is 0 Å². The van der Waals surface area contributed by atoms with Crippen molar-refractivity contribution in [1.82, 2.24) is 0 Å². The SMILES string of the molecule is N#CC(N)CCOc1cc(F)ccc1F. The largest absolute Gasteiger partial charge is 0.490 e. The number of hydrogen-bond donors (Lipinski definition) is 1. The van der Waals surface area contributed by atoms with Crippen LogP contribution >= 0.6 is 0 Å². The van der Waals surface area contributed by atoms with Gasteiger partial charge in [-0.15, -0.1) is 0 Å². The van der Waals surface area contributed by atoms with E-state index in [9.17, 15) is 8.78 Å². The van der Waals surface area contributed by atoms with Gasteiger partial charge < -0.3 is 10.5 Å². The zero-order valence-corrected chi connectivity index (χ0v) is 7.91. The van der Waals surface area contributed by atoms with Gasteiger partial charge in [0.2, 0.25) is 0 Å². The molecule has 1 atom stereocenters. The second-order valence-electron chi connectivity index (χ2n) is 2.95. The lowest BCUT2D eigenvalue weighted by Gasteiger charge is -2.07. The van der Waals surface area contributed by atoms with Crippen LogP contribution in [0.5, 0.6) is 5.75 Å². The Morgan fingerprint density at radius 2 is 2.20 bits per heavy atom. The first-order chi connectivity index (χ1) is 7.13. The molecule has 1 aromatic carbocycles. The highest BCUT2D eigenvalue weighted by Crippen LogP contribution is 2.17. The number of halogens is 2. The lowest BCUT2D eigenvalue weighted by Crippen LogP contribution is -2.20. The Balaban J connectivity index is 2.51. The van der Waals surface area contributed by atoms with E-state index < -0.39 is 17.7 Å². The molecule has 1 unspecified atom stereocenters. The van der Waals surface area contributed by atoms with Crippen molar-refractivity contribution in [2.75, 3.05) is 6.61 Å². The summed E-state index contributed by atoms with van der Waals surface area (Å²) in [5, 5.41) is 8.37. The second kappa shape index (κ2) is 5.27. The van der Waals surface area contributed by atoms with Gasteiger partial charge >= 0.3 is 0 Å². The summed E-state index contributed by atoms with van der Waals surface area (Å²) in [6.45, 7) is 0.0785. The minimum absolute atomic E-state index is 0.0785. The van der Waals surface area contributed by atoms with Crippen LogP contribution in [0.3, 0.4) is 0 Å². The highest BCUT2D eigenvalue weighted by atomic mass is 19.1. The van der Waals surface area contributed by atoms with Crippen molar-refractivity contribution in [3.05, 3.63) is 29.8 Å². The predicted octanol–water partition coefficient (Wildman–Crippen LogP) is 1.58. The van der Waals surface area contributed by atoms with Crippen LogP contribution in [0.2, 0.25) is 0 Å². The molecule has 0 aliphatic rings. The van der Waals surface area contributed by atoms with Crippen molar-refractivity contribution >= 4 is 0 Å². The third-order valence-electron chi connectivity index (χ3n) is 1.75. The van der Waals surface area contributed by atoms with Gasteiger partial charge in [-0.1, -0.05) is 0 Å². The van der Waals surface area contributed by atoms with E-state index in [4.69, 9.17) is 15.7 Å². The first kappa shape index (κ1) is 11.4. The molecule has 15 heavy (non-hydrogen) atoms. The van der Waals surface area contributed by atoms with Gasteiger partial charge in [-0.05, 0) is 12.1 Å². The summed E-state index contributed by atoms with van der Waals surface area (Å²) in [4.78, 5) is 0. The first-order valence-corrected chi connectivity index (χ1v) is 4.36. The lowest BCUT2D eigenvalue weighted by atomic mass is 10.2. The van der Waals surface area contributed by atoms with Gasteiger partial charge in [0, 0.05) is 12.5 Å². The van der Waals surface area contributed by atoms with Crippen molar-refractivity contribution in [3.8, 4) is 11.8 Å². The van der Waals surface area contributed by atoms with Crippen LogP contribution < -0.4 is 10.5 Å². The Morgan fingerprint density at radius 1 is 1.47 bits per heavy atom. The number of nitriles is 1. The summed E-state index contributed by atoms with van der Waals surface area (Å²) in [5.41, 5.74) is 5.30. The zero-order chi connectivity index (χ0) is 11.3. The minimum Gasteiger partial charge on any atom is -0.490 e. The van der Waals surface area contributed by atoms with E-state index in [0.29, 0.717) is 0 Å². The summed E-state index contributed by atoms with van der Waals surface area (Å²) in [6, 6.07) is 4.09. The molecule has 0 aliphatic heterocycles. The molecule has 0 radical (unpaired) electrons. The molecule has 5 heteroatoms. The monoisotopic (exact) mass is 212 g/mol. The number of hydrogen-bond acceptors (Lipinski definition) is 3. The maximum atomic E-state index is 13.0. The summed E-state index contributed by atoms with van der Waals surface area (Å²) >= 11 is 0. The van der Waals surface area contributed by atoms with Crippen molar-refractivity contribution in [1.29, 1.82) is 5.26 Å². The molecule has 3 nitrogen and oxygen atoms in total. The van der Waals surface area contributed by atoms with Crippen LogP contribution in [-0.2, 0) is 0 Å². The van der Waals surface area contributed by atoms with Gasteiger partial charge in [0.05, 0.1) is 18.7 Å². The summed E-state index contributed by atoms with van der Waals surface area (Å²) in [6.07, 6.45) is 0.270. The number of rotatable bonds is 4. The average Bonchev–Trinajstić information content (AvgIpc) is 2.23. The third-order valence-corrected chi connectivity index (χ3v) is 1.75. The molecule has 0 fully saturated rings. The van der Waals surface area contributed by atoms with Crippen LogP contribution in [0.15, 0.2) is 18.2 Å². The molecule has 1 aromatic rings. The van der Waals surface area contributed by atoms with Crippen molar-refractivity contribution in [2.45, 2.75) is 12.5 Å². The lowest BCUT2D eigenvalue weighted by molar-refractivity contribution is 0.289. The Labute approximate surface area is 86.1 Å². The minimum atomic E-state index is -0.651. The van der Waals surface area contributed by atoms with Gasteiger partial charge in [-0.3, -0.25) is 0 Å². The van der Waals surface area contributed by atoms with E-state index in [1.165, 1.54) is 0 Å². The van der Waals surface area contributed by atoms with Crippen LogP contribution in [-0.4, -0.2) is 12.6 Å². The molecular formula is C10H10F2N2O. The smallest absolute Gasteiger partial charge is 0.165 e. The molecule has 0 spiro atoms. The summed E-state index contributed by atoms with van der Waals surface area (Å²) in [5.74, 6) is -1.38. The fourth-order valence-electron chi connectivity index (χ4n) is 0.948. The highest BCUT2D eigenvalue weighted by molar-refractivity contribution is 5.24. The molecule has 0 aromatic heterocycles. The molecule has 0 amide bonds. The van der Waals surface area contributed by atoms with Crippen LogP contribution in [0.25, 0.3) is 0 Å². The molecule has 2 N–H and O–H groups in total. The number of ether oxygens (including phenoxy) is 1. The first-order valence-electron chi connectivity index (χ1n) is 4.36. The summed E-state index contributed by atoms with van der Waals surface area (Å²) in [7, 11) is 0. The highest BCUT2D eigenvalue weighted by Gasteiger charge is 2.06. The molecule has 80 valence electrons. The molecule has 0 saturated carbocycles. The van der Waals surface area contributed by atoms with E-state index in [1.54, 1.807) is 0 Å². The predicted molar refractivity (Wildman–Crippen MR) is 50.1 cm³/mol. The fraction of sp³-hybridized carbons (Fsp3) is 0.300. The van der Waals surface area contributed by atoms with Gasteiger partial charge in [0.1, 0.15) is 5.82 Å². The molecule has 0 saturated heterocycles. The van der Waals surface area contributed by atoms with E-state index in [2.05, 4.69) is 0 Å². The van der Waals surface area contributed by atoms with Crippen molar-refractivity contribution in [3.63, 3.8) is 0 Å². The van der Waals surface area contributed by atoms with Gasteiger partial charge in [0.15, 0.2) is 11.6 Å². The topological polar surface area (TPSA) is 59.0 Å². The van der Waals surface area contributed by atoms with E-state index in [1.807, 2.05) is 6.07 Å². The number of benzene rings is 1. The van der Waals surface area contributed by atoms with Gasteiger partial charge in [0.25, 0.3) is 0 Å².